The maximum atomic E-state index is 13.0. The van der Waals surface area contributed by atoms with Crippen molar-refractivity contribution in [2.45, 2.75) is 39.2 Å². The molecule has 0 bridgehead atoms. The first-order chi connectivity index (χ1) is 14.5. The summed E-state index contributed by atoms with van der Waals surface area (Å²) in [5.41, 5.74) is 1.13. The average Bonchev–Trinajstić information content (AvgIpc) is 2.93. The number of benzene rings is 2. The van der Waals surface area contributed by atoms with Gasteiger partial charge in [-0.15, -0.1) is 0 Å². The normalized spacial score (nSPS) is 18.3. The van der Waals surface area contributed by atoms with Crippen molar-refractivity contribution in [2.24, 2.45) is 0 Å². The monoisotopic (exact) mass is 424 g/mol. The minimum Gasteiger partial charge on any atom is -0.324 e. The van der Waals surface area contributed by atoms with E-state index in [9.17, 15) is 24.5 Å². The van der Waals surface area contributed by atoms with Crippen LogP contribution in [0.2, 0.25) is 0 Å². The zero-order chi connectivity index (χ0) is 22.9. The number of imide groups is 1. The van der Waals surface area contributed by atoms with E-state index in [1.165, 1.54) is 18.2 Å². The van der Waals surface area contributed by atoms with Crippen molar-refractivity contribution in [2.75, 3.05) is 11.9 Å². The smallest absolute Gasteiger partial charge is 0.324 e. The first kappa shape index (κ1) is 21.9. The average molecular weight is 424 g/mol. The number of nitrogens with one attached hydrogen (secondary N) is 2. The van der Waals surface area contributed by atoms with Crippen LogP contribution < -0.4 is 10.6 Å². The molecule has 0 aromatic heterocycles. The Morgan fingerprint density at radius 2 is 1.84 bits per heavy atom. The van der Waals surface area contributed by atoms with E-state index in [0.29, 0.717) is 17.0 Å². The van der Waals surface area contributed by atoms with Gasteiger partial charge in [-0.3, -0.25) is 24.6 Å². The predicted molar refractivity (Wildman–Crippen MR) is 115 cm³/mol. The Balaban J connectivity index is 1.76. The molecule has 0 radical (unpaired) electrons. The van der Waals surface area contributed by atoms with Crippen LogP contribution in [0.1, 0.15) is 43.4 Å². The van der Waals surface area contributed by atoms with Crippen molar-refractivity contribution in [1.29, 1.82) is 0 Å². The fourth-order valence-corrected chi connectivity index (χ4v) is 3.43. The van der Waals surface area contributed by atoms with Gasteiger partial charge in [-0.1, -0.05) is 44.2 Å². The van der Waals surface area contributed by atoms with Gasteiger partial charge in [-0.05, 0) is 36.5 Å². The van der Waals surface area contributed by atoms with Crippen LogP contribution in [0.25, 0.3) is 0 Å². The molecular weight excluding hydrogens is 400 g/mol. The maximum absolute atomic E-state index is 13.0. The molecule has 1 aliphatic rings. The van der Waals surface area contributed by atoms with Crippen molar-refractivity contribution < 1.29 is 19.3 Å². The van der Waals surface area contributed by atoms with Crippen LogP contribution in [0.3, 0.4) is 0 Å². The van der Waals surface area contributed by atoms with Crippen LogP contribution in [0.15, 0.2) is 42.5 Å². The fourth-order valence-electron chi connectivity index (χ4n) is 3.43. The summed E-state index contributed by atoms with van der Waals surface area (Å²) in [6, 6.07) is 10.8. The molecule has 0 spiro atoms. The summed E-state index contributed by atoms with van der Waals surface area (Å²) < 4.78 is 0. The Labute approximate surface area is 179 Å². The van der Waals surface area contributed by atoms with Gasteiger partial charge in [0.15, 0.2) is 0 Å². The highest BCUT2D eigenvalue weighted by molar-refractivity contribution is 6.10. The number of hydrogen-bond acceptors (Lipinski definition) is 5. The van der Waals surface area contributed by atoms with Gasteiger partial charge < -0.3 is 10.6 Å². The quantitative estimate of drug-likeness (QED) is 0.418. The number of rotatable bonds is 6. The number of carbonyl (C=O) groups is 3. The van der Waals surface area contributed by atoms with Gasteiger partial charge in [-0.25, -0.2) is 4.79 Å². The van der Waals surface area contributed by atoms with Crippen LogP contribution in [0.4, 0.5) is 16.2 Å². The largest absolute Gasteiger partial charge is 0.325 e. The predicted octanol–water partition coefficient (Wildman–Crippen LogP) is 3.43. The molecule has 0 aliphatic carbocycles. The van der Waals surface area contributed by atoms with Gasteiger partial charge in [0.1, 0.15) is 12.1 Å². The number of anilines is 1. The second kappa shape index (κ2) is 8.17. The van der Waals surface area contributed by atoms with Crippen molar-refractivity contribution in [3.8, 4) is 0 Å². The van der Waals surface area contributed by atoms with Crippen LogP contribution in [-0.2, 0) is 15.1 Å². The van der Waals surface area contributed by atoms with Crippen molar-refractivity contribution in [1.82, 2.24) is 10.2 Å². The molecule has 1 fully saturated rings. The van der Waals surface area contributed by atoms with E-state index >= 15 is 0 Å². The van der Waals surface area contributed by atoms with Gasteiger partial charge in [0.25, 0.3) is 11.6 Å². The van der Waals surface area contributed by atoms with Gasteiger partial charge in [-0.2, -0.15) is 0 Å². The van der Waals surface area contributed by atoms with Gasteiger partial charge >= 0.3 is 6.03 Å². The standard InChI is InChI=1S/C22H24N4O5/c1-13(2)15-6-8-16(9-7-15)22(4)20(28)25(21(29)24-22)12-19(27)23-18-11-17(26(30)31)10-5-14(18)3/h5-11,13H,12H2,1-4H3,(H,23,27)(H,24,29)/t22-/m1/s1. The minimum absolute atomic E-state index is 0.173. The molecule has 0 unspecified atom stereocenters. The zero-order valence-electron chi connectivity index (χ0n) is 17.8. The van der Waals surface area contributed by atoms with E-state index < -0.39 is 34.9 Å². The molecule has 0 saturated carbocycles. The van der Waals surface area contributed by atoms with Crippen LogP contribution >= 0.6 is 0 Å². The Morgan fingerprint density at radius 3 is 2.42 bits per heavy atom. The number of nitrogens with zero attached hydrogens (tertiary/aromatic N) is 2. The second-order valence-electron chi connectivity index (χ2n) is 8.03. The zero-order valence-corrected chi connectivity index (χ0v) is 17.8. The lowest BCUT2D eigenvalue weighted by Crippen LogP contribution is -2.42. The lowest BCUT2D eigenvalue weighted by Gasteiger charge is -2.22. The van der Waals surface area contributed by atoms with E-state index in [0.717, 1.165) is 10.5 Å². The van der Waals surface area contributed by atoms with E-state index in [1.807, 2.05) is 12.1 Å². The summed E-state index contributed by atoms with van der Waals surface area (Å²) in [6.45, 7) is 6.89. The van der Waals surface area contributed by atoms with E-state index in [4.69, 9.17) is 0 Å². The minimum atomic E-state index is -1.28. The number of nitro benzene ring substituents is 1. The lowest BCUT2D eigenvalue weighted by atomic mass is 9.90. The number of amides is 4. The fraction of sp³-hybridized carbons (Fsp3) is 0.318. The van der Waals surface area contributed by atoms with Crippen molar-refractivity contribution in [3.05, 3.63) is 69.3 Å². The Kier molecular flexibility index (Phi) is 5.79. The Hall–Kier alpha value is -3.75. The molecule has 1 aliphatic heterocycles. The van der Waals surface area contributed by atoms with Crippen molar-refractivity contribution in [3.63, 3.8) is 0 Å². The summed E-state index contributed by atoms with van der Waals surface area (Å²) in [5, 5.41) is 16.2. The molecule has 4 amide bonds. The molecule has 9 nitrogen and oxygen atoms in total. The molecule has 1 heterocycles. The summed E-state index contributed by atoms with van der Waals surface area (Å²) in [7, 11) is 0. The molecule has 2 N–H and O–H groups in total. The molecule has 2 aromatic carbocycles. The van der Waals surface area contributed by atoms with Crippen molar-refractivity contribution >= 4 is 29.2 Å². The first-order valence-electron chi connectivity index (χ1n) is 9.82. The summed E-state index contributed by atoms with van der Waals surface area (Å²) in [6.07, 6.45) is 0. The van der Waals surface area contributed by atoms with E-state index in [2.05, 4.69) is 24.5 Å². The number of aryl methyl sites for hydroxylation is 1. The number of nitro groups is 1. The number of non-ortho nitro benzene ring substituents is 1. The van der Waals surface area contributed by atoms with Gasteiger partial charge in [0, 0.05) is 12.1 Å². The third-order valence-electron chi connectivity index (χ3n) is 5.44. The molecule has 1 atom stereocenters. The molecule has 1 saturated heterocycles. The Morgan fingerprint density at radius 1 is 1.19 bits per heavy atom. The molecule has 2 aromatic rings. The topological polar surface area (TPSA) is 122 Å². The number of hydrogen-bond donors (Lipinski definition) is 2. The highest BCUT2D eigenvalue weighted by Gasteiger charge is 2.49. The van der Waals surface area contributed by atoms with Crippen LogP contribution in [-0.4, -0.2) is 34.2 Å². The first-order valence-corrected chi connectivity index (χ1v) is 9.82. The summed E-state index contributed by atoms with van der Waals surface area (Å²) in [5.74, 6) is -0.847. The van der Waals surface area contributed by atoms with E-state index in [-0.39, 0.29) is 11.4 Å². The van der Waals surface area contributed by atoms with Crippen LogP contribution in [0.5, 0.6) is 0 Å². The molecule has 3 rings (SSSR count). The molecule has 162 valence electrons. The van der Waals surface area contributed by atoms with Gasteiger partial charge in [0.05, 0.1) is 10.6 Å². The highest BCUT2D eigenvalue weighted by Crippen LogP contribution is 2.30. The lowest BCUT2D eigenvalue weighted by molar-refractivity contribution is -0.384. The molecular formula is C22H24N4O5. The highest BCUT2D eigenvalue weighted by atomic mass is 16.6. The number of carbonyl (C=O) groups excluding carboxylic acids is 3. The summed E-state index contributed by atoms with van der Waals surface area (Å²) >= 11 is 0. The van der Waals surface area contributed by atoms with E-state index in [1.54, 1.807) is 26.0 Å². The third-order valence-corrected chi connectivity index (χ3v) is 5.44. The SMILES string of the molecule is Cc1ccc([N+](=O)[O-])cc1NC(=O)CN1C(=O)N[C@](C)(c2ccc(C(C)C)cc2)C1=O. The second-order valence-corrected chi connectivity index (χ2v) is 8.03. The van der Waals surface area contributed by atoms with Gasteiger partial charge in [0.2, 0.25) is 5.91 Å². The molecule has 31 heavy (non-hydrogen) atoms. The number of urea groups is 1. The third kappa shape index (κ3) is 4.25. The maximum Gasteiger partial charge on any atom is 0.325 e. The Bertz CT molecular complexity index is 1060. The summed E-state index contributed by atoms with van der Waals surface area (Å²) in [4.78, 5) is 49.3. The van der Waals surface area contributed by atoms with Crippen LogP contribution in [0, 0.1) is 17.0 Å². The molecule has 9 heteroatoms.